The van der Waals surface area contributed by atoms with Gasteiger partial charge in [0, 0.05) is 18.3 Å². The lowest BCUT2D eigenvalue weighted by atomic mass is 10.1. The van der Waals surface area contributed by atoms with Crippen LogP contribution in [0.3, 0.4) is 0 Å². The van der Waals surface area contributed by atoms with Gasteiger partial charge in [-0.1, -0.05) is 48.0 Å². The van der Waals surface area contributed by atoms with Crippen LogP contribution in [-0.4, -0.2) is 30.0 Å². The van der Waals surface area contributed by atoms with Crippen molar-refractivity contribution in [3.05, 3.63) is 65.7 Å². The molecule has 1 heterocycles. The number of hydrogen-bond donors (Lipinski definition) is 1. The molecule has 1 aliphatic rings. The Morgan fingerprint density at radius 3 is 2.55 bits per heavy atom. The summed E-state index contributed by atoms with van der Waals surface area (Å²) >= 11 is 0. The smallest absolute Gasteiger partial charge is 0.198 e. The third-order valence-corrected chi connectivity index (χ3v) is 4.10. The quantitative estimate of drug-likeness (QED) is 0.930. The fourth-order valence-electron chi connectivity index (χ4n) is 2.71. The Balaban J connectivity index is 1.63. The number of guanidine groups is 1. The summed E-state index contributed by atoms with van der Waals surface area (Å²) in [7, 11) is 0. The molecule has 22 heavy (non-hydrogen) atoms. The third-order valence-electron chi connectivity index (χ3n) is 4.10. The number of nitrogens with one attached hydrogen (secondary N) is 1. The van der Waals surface area contributed by atoms with Gasteiger partial charge >= 0.3 is 0 Å². The first-order valence-electron chi connectivity index (χ1n) is 7.91. The van der Waals surface area contributed by atoms with Crippen molar-refractivity contribution in [1.29, 1.82) is 0 Å². The highest BCUT2D eigenvalue weighted by atomic mass is 15.4. The van der Waals surface area contributed by atoms with Crippen molar-refractivity contribution in [2.75, 3.05) is 18.4 Å². The highest BCUT2D eigenvalue weighted by Gasteiger charge is 2.23. The van der Waals surface area contributed by atoms with E-state index in [9.17, 15) is 0 Å². The molecule has 2 aromatic rings. The van der Waals surface area contributed by atoms with Gasteiger partial charge in [-0.2, -0.15) is 0 Å². The average molecular weight is 293 g/mol. The number of para-hydroxylation sites is 1. The molecule has 1 atom stereocenters. The number of anilines is 1. The zero-order chi connectivity index (χ0) is 15.4. The molecule has 2 aromatic carbocycles. The van der Waals surface area contributed by atoms with Gasteiger partial charge in [0.25, 0.3) is 0 Å². The summed E-state index contributed by atoms with van der Waals surface area (Å²) in [6, 6.07) is 19.5. The highest BCUT2D eigenvalue weighted by Crippen LogP contribution is 2.15. The Hall–Kier alpha value is -2.29. The molecule has 0 spiro atoms. The summed E-state index contributed by atoms with van der Waals surface area (Å²) in [5, 5.41) is 3.44. The standard InChI is InChI=1S/C19H23N3/c1-15-8-10-17(11-9-15)12-13-22-16(2)14-20-19(22)21-18-6-4-3-5-7-18/h3-11,16H,12-14H2,1-2H3,(H,20,21)/t16-/m0/s1. The summed E-state index contributed by atoms with van der Waals surface area (Å²) in [4.78, 5) is 7.02. The Bertz CT molecular complexity index is 631. The van der Waals surface area contributed by atoms with Crippen molar-refractivity contribution in [3.63, 3.8) is 0 Å². The fourth-order valence-corrected chi connectivity index (χ4v) is 2.71. The Kier molecular flexibility index (Phi) is 4.42. The first-order chi connectivity index (χ1) is 10.7. The van der Waals surface area contributed by atoms with Crippen molar-refractivity contribution in [2.24, 2.45) is 4.99 Å². The largest absolute Gasteiger partial charge is 0.338 e. The van der Waals surface area contributed by atoms with Crippen molar-refractivity contribution in [2.45, 2.75) is 26.3 Å². The number of hydrogen-bond acceptors (Lipinski definition) is 3. The van der Waals surface area contributed by atoms with Crippen LogP contribution in [0.1, 0.15) is 18.1 Å². The topological polar surface area (TPSA) is 27.6 Å². The molecule has 0 amide bonds. The van der Waals surface area contributed by atoms with Crippen LogP contribution in [0.25, 0.3) is 0 Å². The van der Waals surface area contributed by atoms with E-state index in [-0.39, 0.29) is 0 Å². The number of rotatable bonds is 4. The monoisotopic (exact) mass is 293 g/mol. The molecule has 0 aromatic heterocycles. The van der Waals surface area contributed by atoms with E-state index < -0.39 is 0 Å². The van der Waals surface area contributed by atoms with Crippen LogP contribution in [0.4, 0.5) is 5.69 Å². The minimum absolute atomic E-state index is 0.455. The van der Waals surface area contributed by atoms with Crippen molar-refractivity contribution >= 4 is 11.6 Å². The van der Waals surface area contributed by atoms with Crippen LogP contribution in [0.2, 0.25) is 0 Å². The fraction of sp³-hybridized carbons (Fsp3) is 0.316. The predicted octanol–water partition coefficient (Wildman–Crippen LogP) is 3.71. The van der Waals surface area contributed by atoms with Crippen LogP contribution in [0.5, 0.6) is 0 Å². The molecule has 3 nitrogen and oxygen atoms in total. The van der Waals surface area contributed by atoms with Crippen LogP contribution in [-0.2, 0) is 6.42 Å². The normalized spacial score (nSPS) is 17.5. The molecule has 0 bridgehead atoms. The summed E-state index contributed by atoms with van der Waals surface area (Å²) in [5.74, 6) is 0.991. The molecular weight excluding hydrogens is 270 g/mol. The van der Waals surface area contributed by atoms with E-state index in [2.05, 4.69) is 65.5 Å². The first-order valence-corrected chi connectivity index (χ1v) is 7.91. The maximum absolute atomic E-state index is 4.65. The van der Waals surface area contributed by atoms with Gasteiger partial charge in [0.05, 0.1) is 6.54 Å². The summed E-state index contributed by atoms with van der Waals surface area (Å²) < 4.78 is 0. The molecule has 3 heteroatoms. The Morgan fingerprint density at radius 1 is 1.09 bits per heavy atom. The molecule has 0 aliphatic carbocycles. The second kappa shape index (κ2) is 6.65. The number of aryl methyl sites for hydroxylation is 1. The first kappa shape index (κ1) is 14.6. The van der Waals surface area contributed by atoms with Gasteiger partial charge in [-0.3, -0.25) is 4.99 Å². The molecule has 0 unspecified atom stereocenters. The Labute approximate surface area is 132 Å². The zero-order valence-electron chi connectivity index (χ0n) is 13.3. The van der Waals surface area contributed by atoms with E-state index in [1.54, 1.807) is 0 Å². The average Bonchev–Trinajstić information content (AvgIpc) is 2.88. The third kappa shape index (κ3) is 3.48. The van der Waals surface area contributed by atoms with Gasteiger partial charge in [-0.05, 0) is 38.0 Å². The van der Waals surface area contributed by atoms with Gasteiger partial charge < -0.3 is 10.2 Å². The number of nitrogens with zero attached hydrogens (tertiary/aromatic N) is 2. The van der Waals surface area contributed by atoms with Crippen LogP contribution in [0, 0.1) is 6.92 Å². The van der Waals surface area contributed by atoms with Crippen molar-refractivity contribution < 1.29 is 0 Å². The van der Waals surface area contributed by atoms with Gasteiger partial charge in [-0.25, -0.2) is 0 Å². The lowest BCUT2D eigenvalue weighted by Crippen LogP contribution is -2.39. The molecule has 0 radical (unpaired) electrons. The van der Waals surface area contributed by atoms with Gasteiger partial charge in [0.2, 0.25) is 0 Å². The second-order valence-electron chi connectivity index (χ2n) is 5.93. The van der Waals surface area contributed by atoms with Crippen molar-refractivity contribution in [1.82, 2.24) is 4.90 Å². The minimum Gasteiger partial charge on any atom is -0.338 e. The SMILES string of the molecule is Cc1ccc(CCN2C(Nc3ccccc3)=NC[C@@H]2C)cc1. The number of aliphatic imine (C=N–C) groups is 1. The van der Waals surface area contributed by atoms with Crippen LogP contribution >= 0.6 is 0 Å². The molecule has 0 saturated heterocycles. The van der Waals surface area contributed by atoms with Crippen molar-refractivity contribution in [3.8, 4) is 0 Å². The summed E-state index contributed by atoms with van der Waals surface area (Å²) in [6.45, 7) is 6.21. The lowest BCUT2D eigenvalue weighted by Gasteiger charge is -2.26. The van der Waals surface area contributed by atoms with Gasteiger partial charge in [0.15, 0.2) is 5.96 Å². The highest BCUT2D eigenvalue weighted by molar-refractivity contribution is 5.94. The lowest BCUT2D eigenvalue weighted by molar-refractivity contribution is 0.366. The van der Waals surface area contributed by atoms with Gasteiger partial charge in [0.1, 0.15) is 0 Å². The summed E-state index contributed by atoms with van der Waals surface area (Å²) in [6.07, 6.45) is 1.04. The maximum Gasteiger partial charge on any atom is 0.198 e. The molecule has 1 aliphatic heterocycles. The van der Waals surface area contributed by atoms with E-state index in [1.807, 2.05) is 18.2 Å². The van der Waals surface area contributed by atoms with E-state index in [4.69, 9.17) is 0 Å². The molecular formula is C19H23N3. The molecule has 3 rings (SSSR count). The number of benzene rings is 2. The minimum atomic E-state index is 0.455. The maximum atomic E-state index is 4.65. The van der Waals surface area contributed by atoms with E-state index in [0.717, 1.165) is 31.2 Å². The predicted molar refractivity (Wildman–Crippen MR) is 93.4 cm³/mol. The molecule has 114 valence electrons. The van der Waals surface area contributed by atoms with E-state index in [0.29, 0.717) is 6.04 Å². The van der Waals surface area contributed by atoms with E-state index >= 15 is 0 Å². The second-order valence-corrected chi connectivity index (χ2v) is 5.93. The Morgan fingerprint density at radius 2 is 1.82 bits per heavy atom. The summed E-state index contributed by atoms with van der Waals surface area (Å²) in [5.41, 5.74) is 3.78. The van der Waals surface area contributed by atoms with Crippen LogP contribution < -0.4 is 5.32 Å². The molecule has 0 saturated carbocycles. The molecule has 0 fully saturated rings. The van der Waals surface area contributed by atoms with E-state index in [1.165, 1.54) is 11.1 Å². The van der Waals surface area contributed by atoms with Gasteiger partial charge in [-0.15, -0.1) is 0 Å². The van der Waals surface area contributed by atoms with Crippen LogP contribution in [0.15, 0.2) is 59.6 Å². The molecule has 1 N–H and O–H groups in total. The zero-order valence-corrected chi connectivity index (χ0v) is 13.3.